The van der Waals surface area contributed by atoms with E-state index in [2.05, 4.69) is 269 Å². The van der Waals surface area contributed by atoms with Crippen LogP contribution < -0.4 is 41.5 Å². The zero-order valence-electron chi connectivity index (χ0n) is 33.9. The lowest BCUT2D eigenvalue weighted by molar-refractivity contribution is 0.573. The molecule has 0 fully saturated rings. The highest BCUT2D eigenvalue weighted by Gasteiger charge is 2.52. The van der Waals surface area contributed by atoms with Crippen LogP contribution in [0.4, 0.5) is 0 Å². The summed E-state index contributed by atoms with van der Waals surface area (Å²) < 4.78 is 14.9. The van der Waals surface area contributed by atoms with E-state index >= 15 is 0 Å². The van der Waals surface area contributed by atoms with Gasteiger partial charge in [-0.1, -0.05) is 243 Å². The van der Waals surface area contributed by atoms with Crippen LogP contribution in [-0.2, 0) is 8.23 Å². The summed E-state index contributed by atoms with van der Waals surface area (Å²) in [6.45, 7) is 9.12. The number of hydrogen-bond acceptors (Lipinski definition) is 2. The third kappa shape index (κ3) is 8.83. The second-order valence-electron chi connectivity index (χ2n) is 15.6. The SMILES string of the molecule is C[Si](C)(C)O[Si](C)(c1ccccc1)c1ccccc1.c1ccc([Si](O[Si](c2ccccc2)(c2ccccc2)c2ccccc2)(c2ccccc2)c2ccccc2)cc1. The van der Waals surface area contributed by atoms with Crippen LogP contribution in [0.3, 0.4) is 0 Å². The third-order valence-electron chi connectivity index (χ3n) is 10.5. The molecule has 8 rings (SSSR count). The first-order chi connectivity index (χ1) is 28.3. The Balaban J connectivity index is 0.000000226. The van der Waals surface area contributed by atoms with Gasteiger partial charge in [-0.15, -0.1) is 0 Å². The van der Waals surface area contributed by atoms with Crippen molar-refractivity contribution in [3.63, 3.8) is 0 Å². The van der Waals surface area contributed by atoms with Crippen LogP contribution in [0.2, 0.25) is 26.2 Å². The zero-order valence-corrected chi connectivity index (χ0v) is 37.9. The third-order valence-corrected chi connectivity index (χ3v) is 26.8. The molecule has 0 radical (unpaired) electrons. The molecule has 8 aromatic carbocycles. The van der Waals surface area contributed by atoms with Crippen molar-refractivity contribution in [2.45, 2.75) is 26.2 Å². The molecule has 58 heavy (non-hydrogen) atoms. The lowest BCUT2D eigenvalue weighted by Crippen LogP contribution is -2.81. The van der Waals surface area contributed by atoms with Gasteiger partial charge in [-0.25, -0.2) is 0 Å². The van der Waals surface area contributed by atoms with E-state index in [0.717, 1.165) is 0 Å². The lowest BCUT2D eigenvalue weighted by Gasteiger charge is -2.44. The number of rotatable bonds is 12. The van der Waals surface area contributed by atoms with Gasteiger partial charge in [0.05, 0.1) is 0 Å². The van der Waals surface area contributed by atoms with Gasteiger partial charge in [0.1, 0.15) is 0 Å². The normalized spacial score (nSPS) is 11.9. The minimum absolute atomic E-state index is 1.24. The molecule has 6 heteroatoms. The van der Waals surface area contributed by atoms with Crippen LogP contribution in [0.15, 0.2) is 243 Å². The number of benzene rings is 8. The molecule has 0 aliphatic heterocycles. The van der Waals surface area contributed by atoms with E-state index in [1.807, 2.05) is 0 Å². The van der Waals surface area contributed by atoms with E-state index in [0.29, 0.717) is 0 Å². The molecule has 0 unspecified atom stereocenters. The summed E-state index contributed by atoms with van der Waals surface area (Å²) in [5.41, 5.74) is 0. The fourth-order valence-corrected chi connectivity index (χ4v) is 26.5. The first-order valence-electron chi connectivity index (χ1n) is 20.1. The highest BCUT2D eigenvalue weighted by molar-refractivity contribution is 7.18. The summed E-state index contributed by atoms with van der Waals surface area (Å²) in [5, 5.41) is 10.1. The summed E-state index contributed by atoms with van der Waals surface area (Å²) in [5.74, 6) is 0. The number of hydrogen-bond donors (Lipinski definition) is 0. The van der Waals surface area contributed by atoms with Gasteiger partial charge in [-0.2, -0.15) is 0 Å². The first-order valence-corrected chi connectivity index (χ1v) is 29.7. The molecule has 288 valence electrons. The maximum absolute atomic E-state index is 8.22. The summed E-state index contributed by atoms with van der Waals surface area (Å²) in [4.78, 5) is 0. The Morgan fingerprint density at radius 2 is 0.397 bits per heavy atom. The van der Waals surface area contributed by atoms with Gasteiger partial charge >= 0.3 is 0 Å². The van der Waals surface area contributed by atoms with Gasteiger partial charge in [0.2, 0.25) is 8.32 Å². The molecular formula is C52H52O2Si4. The Morgan fingerprint density at radius 3 is 0.569 bits per heavy atom. The Bertz CT molecular complexity index is 2060. The van der Waals surface area contributed by atoms with Crippen LogP contribution in [0.25, 0.3) is 0 Å². The molecule has 0 saturated heterocycles. The minimum atomic E-state index is -3.05. The van der Waals surface area contributed by atoms with Gasteiger partial charge < -0.3 is 8.23 Å². The van der Waals surface area contributed by atoms with Crippen molar-refractivity contribution in [2.24, 2.45) is 0 Å². The molecule has 0 atom stereocenters. The molecule has 0 bridgehead atoms. The summed E-state index contributed by atoms with van der Waals surface area (Å²) in [7, 11) is -9.76. The van der Waals surface area contributed by atoms with Gasteiger partial charge in [-0.05, 0) is 67.7 Å². The highest BCUT2D eigenvalue weighted by Crippen LogP contribution is 2.19. The molecule has 0 N–H and O–H groups in total. The second-order valence-corrected chi connectivity index (χ2v) is 30.9. The van der Waals surface area contributed by atoms with Gasteiger partial charge in [-0.3, -0.25) is 0 Å². The summed E-state index contributed by atoms with van der Waals surface area (Å²) >= 11 is 0. The van der Waals surface area contributed by atoms with Crippen LogP contribution >= 0.6 is 0 Å². The van der Waals surface area contributed by atoms with E-state index in [1.165, 1.54) is 41.5 Å². The fraction of sp³-hybridized carbons (Fsp3) is 0.0769. The van der Waals surface area contributed by atoms with Gasteiger partial charge in [0, 0.05) is 0 Å². The molecule has 0 amide bonds. The Labute approximate surface area is 350 Å². The molecule has 8 aromatic rings. The lowest BCUT2D eigenvalue weighted by atomic mass is 10.3. The smallest absolute Gasteiger partial charge is 0.278 e. The van der Waals surface area contributed by atoms with E-state index in [9.17, 15) is 0 Å². The van der Waals surface area contributed by atoms with Gasteiger partial charge in [0.25, 0.3) is 16.6 Å². The molecule has 0 saturated carbocycles. The van der Waals surface area contributed by atoms with Crippen LogP contribution in [-0.4, -0.2) is 33.3 Å². The Kier molecular flexibility index (Phi) is 12.9. The molecule has 0 aliphatic rings. The van der Waals surface area contributed by atoms with Crippen LogP contribution in [0, 0.1) is 0 Å². The van der Waals surface area contributed by atoms with E-state index < -0.39 is 33.3 Å². The zero-order chi connectivity index (χ0) is 40.3. The average molecular weight is 821 g/mol. The predicted octanol–water partition coefficient (Wildman–Crippen LogP) is 7.56. The minimum Gasteiger partial charge on any atom is -0.449 e. The van der Waals surface area contributed by atoms with Crippen molar-refractivity contribution in [3.8, 4) is 0 Å². The Morgan fingerprint density at radius 1 is 0.224 bits per heavy atom. The monoisotopic (exact) mass is 820 g/mol. The van der Waals surface area contributed by atoms with E-state index in [4.69, 9.17) is 8.23 Å². The quantitative estimate of drug-likeness (QED) is 0.0937. The van der Waals surface area contributed by atoms with E-state index in [-0.39, 0.29) is 0 Å². The standard InChI is InChI=1S/C36H30OSi2.C16H22OSi2/c1-7-19-31(20-8-1)38(32-21-9-2-10-22-32,33-23-11-3-12-24-33)37-39(34-25-13-4-14-26-34,35-27-15-5-16-28-35)36-29-17-6-18-30-36;1-18(2,3)17-19(4,15-11-7-5-8-12-15)16-13-9-6-10-14-16/h1-30H;5-14H,1-4H3. The van der Waals surface area contributed by atoms with Crippen molar-refractivity contribution in [1.82, 2.24) is 0 Å². The van der Waals surface area contributed by atoms with Crippen molar-refractivity contribution in [1.29, 1.82) is 0 Å². The molecule has 2 nitrogen and oxygen atoms in total. The van der Waals surface area contributed by atoms with Crippen LogP contribution in [0.1, 0.15) is 0 Å². The molecule has 0 aliphatic carbocycles. The Hall–Kier alpha value is -5.45. The molecule has 0 heterocycles. The summed E-state index contributed by atoms with van der Waals surface area (Å²) in [6, 6.07) is 86.7. The largest absolute Gasteiger partial charge is 0.449 e. The average Bonchev–Trinajstić information content (AvgIpc) is 3.29. The fourth-order valence-electron chi connectivity index (χ4n) is 8.03. The van der Waals surface area contributed by atoms with Crippen LogP contribution in [0.5, 0.6) is 0 Å². The maximum Gasteiger partial charge on any atom is 0.278 e. The van der Waals surface area contributed by atoms with Gasteiger partial charge in [0.15, 0.2) is 8.32 Å². The summed E-state index contributed by atoms with van der Waals surface area (Å²) in [6.07, 6.45) is 0. The van der Waals surface area contributed by atoms with Crippen molar-refractivity contribution in [2.75, 3.05) is 0 Å². The first kappa shape index (κ1) is 40.7. The predicted molar refractivity (Wildman–Crippen MR) is 257 cm³/mol. The second kappa shape index (κ2) is 18.4. The maximum atomic E-state index is 8.22. The highest BCUT2D eigenvalue weighted by atomic mass is 28.4. The van der Waals surface area contributed by atoms with Crippen molar-refractivity contribution in [3.05, 3.63) is 243 Å². The molecule has 0 spiro atoms. The molecule has 0 aromatic heterocycles. The molecular weight excluding hydrogens is 769 g/mol. The van der Waals surface area contributed by atoms with E-state index in [1.54, 1.807) is 0 Å². The topological polar surface area (TPSA) is 18.5 Å². The van der Waals surface area contributed by atoms with Crippen molar-refractivity contribution < 1.29 is 8.23 Å². The van der Waals surface area contributed by atoms with Crippen molar-refractivity contribution >= 4 is 74.8 Å².